The fraction of sp³-hybridized carbons (Fsp3) is 0.447. The number of halogens is 1. The number of carbonyl (C=O) groups is 2. The second kappa shape index (κ2) is 35.0. The molecule has 2 N–H and O–H groups in total. The number of carboxylic acid groups (broad SMARTS) is 1. The minimum absolute atomic E-state index is 0. The summed E-state index contributed by atoms with van der Waals surface area (Å²) in [6, 6.07) is 26.9. The number of hydrogen-bond donors (Lipinski definition) is 2. The minimum Gasteiger partial charge on any atom is -0.768 e. The average molecular weight is 1220 g/mol. The van der Waals surface area contributed by atoms with Crippen LogP contribution in [0.15, 0.2) is 120 Å². The van der Waals surface area contributed by atoms with Crippen LogP contribution < -0.4 is 29.6 Å². The zero-order valence-corrected chi connectivity index (χ0v) is 52.8. The van der Waals surface area contributed by atoms with E-state index in [1.54, 1.807) is 89.9 Å². The maximum atomic E-state index is 12.3. The van der Waals surface area contributed by atoms with E-state index in [1.165, 1.54) is 30.1 Å². The monoisotopic (exact) mass is 1220 g/mol. The summed E-state index contributed by atoms with van der Waals surface area (Å²) < 4.78 is 72.0. The SMILES string of the molecule is COC(=O)c1ccn[nH]1.C[Si](C)(C)CCOCn1ccc(C(=O)O)n1.C[Si](C)(C)CCOCn1ccc(CI)n1.C[Si](C)(C)CCOCn1ccc(CS(=O)(=O)c2ccccc2)n1.O=S([O-])c1ccccc1.[Na+]. The summed E-state index contributed by atoms with van der Waals surface area (Å²) in [5, 5.41) is 27.2. The van der Waals surface area contributed by atoms with Crippen LogP contribution in [0.2, 0.25) is 77.1 Å². The molecule has 0 amide bonds. The van der Waals surface area contributed by atoms with Crippen LogP contribution in [-0.4, -0.2) is 125 Å². The van der Waals surface area contributed by atoms with Crippen LogP contribution in [0.5, 0.6) is 0 Å². The van der Waals surface area contributed by atoms with Gasteiger partial charge in [0, 0.05) is 78.2 Å². The van der Waals surface area contributed by atoms with E-state index in [9.17, 15) is 26.8 Å². The number of ether oxygens (including phenoxy) is 4. The number of methoxy groups -OCH3 is 1. The molecule has 0 aliphatic rings. The third-order valence-electron chi connectivity index (χ3n) is 9.33. The Bertz CT molecular complexity index is 2570. The maximum Gasteiger partial charge on any atom is 1.00 e. The van der Waals surface area contributed by atoms with Gasteiger partial charge in [-0.3, -0.25) is 9.31 Å². The topological polar surface area (TPSA) is 248 Å². The molecule has 4 heterocycles. The molecule has 73 heavy (non-hydrogen) atoms. The summed E-state index contributed by atoms with van der Waals surface area (Å²) in [5.41, 5.74) is 2.07. The number of H-pyrrole nitrogens is 1. The van der Waals surface area contributed by atoms with Gasteiger partial charge in [0.25, 0.3) is 0 Å². The molecule has 398 valence electrons. The third-order valence-corrected chi connectivity index (χ3v) is 17.5. The molecule has 0 saturated carbocycles. The standard InChI is InChI=1S/C16H24N2O3SSi.C10H19IN2OSi.C10H18N2O3Si.C6H6O2S.C5H6N2O2.Na/c1-23(2,3)12-11-21-14-18-10-9-15(17-18)13-22(19,20)16-7-5-4-6-8-16;1-15(2,3)7-6-14-9-13-5-4-10(8-11)12-13;1-16(2,3)7-6-15-8-12-5-4-9(11-12)10(13)14;7-9(8)6-4-2-1-3-5-6;1-9-5(8)4-2-3-6-7-4;/h4-10H,11-14H2,1-3H3;4-5H,6-9H2,1-3H3;4-5H,6-8H2,1-3H3,(H,13,14);1-5H,(H,7,8);2-3H,1H3,(H,6,7);/q;;;;;+1/p-1. The number of nitrogens with one attached hydrogen (secondary N) is 1. The van der Waals surface area contributed by atoms with Gasteiger partial charge in [-0.15, -0.1) is 0 Å². The smallest absolute Gasteiger partial charge is 0.768 e. The molecule has 0 spiro atoms. The summed E-state index contributed by atoms with van der Waals surface area (Å²) in [6.07, 6.45) is 6.83. The minimum atomic E-state index is -3.36. The van der Waals surface area contributed by atoms with Crippen LogP contribution in [0.25, 0.3) is 0 Å². The van der Waals surface area contributed by atoms with Gasteiger partial charge in [-0.25, -0.2) is 32.1 Å². The molecule has 6 rings (SSSR count). The molecule has 0 fully saturated rings. The predicted octanol–water partition coefficient (Wildman–Crippen LogP) is 6.32. The van der Waals surface area contributed by atoms with Crippen LogP contribution in [0.1, 0.15) is 32.4 Å². The van der Waals surface area contributed by atoms with Gasteiger partial charge >= 0.3 is 41.5 Å². The number of esters is 1. The van der Waals surface area contributed by atoms with Gasteiger partial charge in [0.05, 0.1) is 29.1 Å². The first-order valence-corrected chi connectivity index (χ1v) is 38.3. The molecule has 6 aromatic rings. The molecule has 2 aromatic carbocycles. The molecule has 4 aromatic heterocycles. The van der Waals surface area contributed by atoms with Crippen LogP contribution >= 0.6 is 22.6 Å². The Morgan fingerprint density at radius 2 is 1.12 bits per heavy atom. The van der Waals surface area contributed by atoms with Crippen molar-refractivity contribution < 1.29 is 80.4 Å². The van der Waals surface area contributed by atoms with Gasteiger partial charge in [0.2, 0.25) is 0 Å². The summed E-state index contributed by atoms with van der Waals surface area (Å²) in [7, 11) is -5.14. The molecular formula is C47H72IN8NaO11S2Si3. The molecule has 19 nitrogen and oxygen atoms in total. The van der Waals surface area contributed by atoms with Gasteiger partial charge < -0.3 is 28.6 Å². The van der Waals surface area contributed by atoms with Crippen LogP contribution in [0.4, 0.5) is 0 Å². The number of hydrogen-bond acceptors (Lipinski definition) is 14. The molecule has 0 radical (unpaired) electrons. The number of carbonyl (C=O) groups excluding carboxylic acids is 1. The summed E-state index contributed by atoms with van der Waals surface area (Å²) >= 11 is 0.232. The normalized spacial score (nSPS) is 11.7. The van der Waals surface area contributed by atoms with Crippen molar-refractivity contribution >= 4 is 79.7 Å². The largest absolute Gasteiger partial charge is 1.00 e. The van der Waals surface area contributed by atoms with Gasteiger partial charge in [-0.1, -0.05) is 118 Å². The zero-order valence-electron chi connectivity index (χ0n) is 44.0. The Labute approximate surface area is 472 Å². The Hall–Kier alpha value is -3.46. The fourth-order valence-corrected chi connectivity index (χ4v) is 9.51. The Balaban J connectivity index is 0.000000475. The Kier molecular flexibility index (Phi) is 32.4. The molecule has 26 heteroatoms. The van der Waals surface area contributed by atoms with Crippen molar-refractivity contribution in [3.63, 3.8) is 0 Å². The average Bonchev–Trinajstić information content (AvgIpc) is 4.18. The van der Waals surface area contributed by atoms with Crippen molar-refractivity contribution in [3.8, 4) is 0 Å². The van der Waals surface area contributed by atoms with E-state index >= 15 is 0 Å². The second-order valence-corrected chi connectivity index (χ2v) is 40.1. The number of aromatic carboxylic acids is 1. The van der Waals surface area contributed by atoms with Crippen LogP contribution in [0.3, 0.4) is 0 Å². The number of benzene rings is 2. The van der Waals surface area contributed by atoms with Gasteiger partial charge in [0.15, 0.2) is 15.5 Å². The molecule has 0 bridgehead atoms. The second-order valence-electron chi connectivity index (χ2n) is 19.5. The van der Waals surface area contributed by atoms with Crippen molar-refractivity contribution in [2.24, 2.45) is 0 Å². The van der Waals surface area contributed by atoms with Gasteiger partial charge in [-0.05, 0) is 77.7 Å². The van der Waals surface area contributed by atoms with E-state index in [0.29, 0.717) is 54.6 Å². The first kappa shape index (κ1) is 67.6. The van der Waals surface area contributed by atoms with Crippen molar-refractivity contribution in [3.05, 3.63) is 132 Å². The number of aromatic nitrogens is 8. The number of nitrogens with zero attached hydrogens (tertiary/aromatic N) is 7. The molecule has 0 saturated heterocycles. The molecule has 0 aliphatic carbocycles. The van der Waals surface area contributed by atoms with E-state index in [2.05, 4.69) is 112 Å². The van der Waals surface area contributed by atoms with Gasteiger partial charge in [-0.2, -0.15) is 20.4 Å². The number of sulfone groups is 1. The van der Waals surface area contributed by atoms with E-state index < -0.39 is 57.1 Å². The number of alkyl halides is 1. The molecular weight excluding hydrogens is 1150 g/mol. The van der Waals surface area contributed by atoms with Gasteiger partial charge in [0.1, 0.15) is 25.9 Å². The fourth-order valence-electron chi connectivity index (χ4n) is 5.17. The van der Waals surface area contributed by atoms with E-state index in [0.717, 1.165) is 28.8 Å². The number of rotatable bonds is 22. The van der Waals surface area contributed by atoms with E-state index in [4.69, 9.17) is 19.3 Å². The van der Waals surface area contributed by atoms with E-state index in [-0.39, 0.29) is 41.0 Å². The maximum absolute atomic E-state index is 12.3. The summed E-state index contributed by atoms with van der Waals surface area (Å²) in [6.45, 7) is 24.4. The third kappa shape index (κ3) is 31.9. The number of aromatic amines is 1. The summed E-state index contributed by atoms with van der Waals surface area (Å²) in [4.78, 5) is 21.8. The van der Waals surface area contributed by atoms with Crippen molar-refractivity contribution in [2.45, 2.75) is 117 Å². The Morgan fingerprint density at radius 1 is 0.685 bits per heavy atom. The number of carboxylic acids is 1. The van der Waals surface area contributed by atoms with Crippen molar-refractivity contribution in [2.75, 3.05) is 26.9 Å². The first-order valence-electron chi connectivity index (χ1n) is 22.9. The Morgan fingerprint density at radius 3 is 1.49 bits per heavy atom. The zero-order chi connectivity index (χ0) is 53.8. The summed E-state index contributed by atoms with van der Waals surface area (Å²) in [5.74, 6) is -1.51. The first-order chi connectivity index (χ1) is 33.8. The molecule has 1 unspecified atom stereocenters. The van der Waals surface area contributed by atoms with Crippen molar-refractivity contribution in [1.29, 1.82) is 0 Å². The quantitative estimate of drug-likeness (QED) is 0.0189. The van der Waals surface area contributed by atoms with Crippen LogP contribution in [-0.2, 0) is 70.2 Å². The van der Waals surface area contributed by atoms with Crippen LogP contribution in [0, 0.1) is 0 Å². The van der Waals surface area contributed by atoms with E-state index in [1.807, 2.05) is 16.9 Å². The molecule has 1 atom stereocenters. The predicted molar refractivity (Wildman–Crippen MR) is 295 cm³/mol. The van der Waals surface area contributed by atoms with Crippen molar-refractivity contribution in [1.82, 2.24) is 39.5 Å². The molecule has 0 aliphatic heterocycles.